The second-order valence-corrected chi connectivity index (χ2v) is 8.93. The molecule has 0 spiro atoms. The van der Waals surface area contributed by atoms with Gasteiger partial charge in [0.05, 0.1) is 9.85 Å². The van der Waals surface area contributed by atoms with Crippen molar-refractivity contribution in [2.75, 3.05) is 5.75 Å². The second kappa shape index (κ2) is 22.7. The first-order chi connectivity index (χ1) is 15.8. The molecule has 0 saturated heterocycles. The van der Waals surface area contributed by atoms with E-state index in [9.17, 15) is 20.2 Å². The first-order valence-corrected chi connectivity index (χ1v) is 13.1. The number of hydrogen-bond donors (Lipinski definition) is 0. The van der Waals surface area contributed by atoms with E-state index in [1.807, 2.05) is 6.92 Å². The summed E-state index contributed by atoms with van der Waals surface area (Å²) in [5.41, 5.74) is 1.27. The Morgan fingerprint density at radius 2 is 1.52 bits per heavy atom. The number of nitro groups is 2. The van der Waals surface area contributed by atoms with Crippen molar-refractivity contribution in [3.8, 4) is 0 Å². The Hall–Kier alpha value is -2.46. The number of unbranched alkanes of at least 4 members (excludes halogenated alkanes) is 3. The average Bonchev–Trinajstić information content (AvgIpc) is 2.80. The van der Waals surface area contributed by atoms with Crippen LogP contribution in [0.2, 0.25) is 0 Å². The van der Waals surface area contributed by atoms with Gasteiger partial charge >= 0.3 is 5.69 Å². The Morgan fingerprint density at radius 1 is 0.939 bits per heavy atom. The molecule has 1 heterocycles. The summed E-state index contributed by atoms with van der Waals surface area (Å²) in [5.74, 6) is 1.01. The zero-order chi connectivity index (χ0) is 25.5. The van der Waals surface area contributed by atoms with Crippen LogP contribution in [0.15, 0.2) is 47.6 Å². The molecule has 0 amide bonds. The number of rotatable bonds is 9. The smallest absolute Gasteiger partial charge is 0.302 e. The summed E-state index contributed by atoms with van der Waals surface area (Å²) in [6, 6.07) is 9.51. The summed E-state index contributed by atoms with van der Waals surface area (Å²) in [5, 5.41) is 21.3. The topological polar surface area (TPSA) is 116 Å². The SMILES string of the molecule is CC=O.CCCC.CCCCCSSc1ncccc1[N+](=O)[O-].Cc1ccc([N+](=O)[O-])cc1. The maximum atomic E-state index is 10.7. The molecule has 0 atom stereocenters. The van der Waals surface area contributed by atoms with E-state index in [2.05, 4.69) is 25.8 Å². The Labute approximate surface area is 204 Å². The summed E-state index contributed by atoms with van der Waals surface area (Å²) in [6.45, 7) is 9.85. The third-order valence-corrected chi connectivity index (χ3v) is 6.03. The van der Waals surface area contributed by atoms with Gasteiger partial charge in [-0.25, -0.2) is 4.98 Å². The van der Waals surface area contributed by atoms with Crippen molar-refractivity contribution in [2.24, 2.45) is 0 Å². The van der Waals surface area contributed by atoms with E-state index >= 15 is 0 Å². The van der Waals surface area contributed by atoms with Crippen LogP contribution in [0.3, 0.4) is 0 Å². The predicted molar refractivity (Wildman–Crippen MR) is 139 cm³/mol. The Balaban J connectivity index is 0. The van der Waals surface area contributed by atoms with Crippen molar-refractivity contribution < 1.29 is 14.6 Å². The van der Waals surface area contributed by atoms with Crippen molar-refractivity contribution in [1.29, 1.82) is 0 Å². The molecule has 0 bridgehead atoms. The number of non-ortho nitro benzene ring substituents is 1. The van der Waals surface area contributed by atoms with E-state index in [1.165, 1.54) is 61.6 Å². The van der Waals surface area contributed by atoms with Gasteiger partial charge in [-0.15, -0.1) is 0 Å². The van der Waals surface area contributed by atoms with Crippen LogP contribution in [0.1, 0.15) is 65.4 Å². The third kappa shape index (κ3) is 18.8. The van der Waals surface area contributed by atoms with Gasteiger partial charge in [0.1, 0.15) is 6.29 Å². The van der Waals surface area contributed by atoms with Gasteiger partial charge in [0.25, 0.3) is 5.69 Å². The van der Waals surface area contributed by atoms with Gasteiger partial charge in [-0.1, -0.05) is 74.9 Å². The van der Waals surface area contributed by atoms with Crippen LogP contribution >= 0.6 is 21.6 Å². The van der Waals surface area contributed by atoms with Crippen molar-refractivity contribution in [1.82, 2.24) is 4.98 Å². The number of aryl methyl sites for hydroxylation is 1. The van der Waals surface area contributed by atoms with Gasteiger partial charge in [0.15, 0.2) is 5.03 Å². The maximum absolute atomic E-state index is 10.7. The van der Waals surface area contributed by atoms with E-state index in [0.29, 0.717) is 5.03 Å². The van der Waals surface area contributed by atoms with Crippen molar-refractivity contribution in [3.05, 3.63) is 68.4 Å². The van der Waals surface area contributed by atoms with E-state index in [1.54, 1.807) is 35.2 Å². The van der Waals surface area contributed by atoms with Crippen LogP contribution in [-0.4, -0.2) is 26.9 Å². The zero-order valence-electron chi connectivity index (χ0n) is 20.1. The molecule has 33 heavy (non-hydrogen) atoms. The van der Waals surface area contributed by atoms with E-state index in [0.717, 1.165) is 24.0 Å². The van der Waals surface area contributed by atoms with Gasteiger partial charge in [0.2, 0.25) is 0 Å². The third-order valence-electron chi connectivity index (χ3n) is 3.66. The zero-order valence-corrected chi connectivity index (χ0v) is 21.7. The van der Waals surface area contributed by atoms with Crippen molar-refractivity contribution in [2.45, 2.75) is 71.7 Å². The molecule has 0 aliphatic rings. The molecule has 0 aliphatic carbocycles. The molecule has 1 aromatic carbocycles. The van der Waals surface area contributed by atoms with Crippen LogP contribution in [0.25, 0.3) is 0 Å². The Morgan fingerprint density at radius 3 is 1.97 bits per heavy atom. The molecule has 2 rings (SSSR count). The normalized spacial score (nSPS) is 9.12. The fraction of sp³-hybridized carbons (Fsp3) is 0.478. The average molecular weight is 498 g/mol. The van der Waals surface area contributed by atoms with Crippen molar-refractivity contribution in [3.63, 3.8) is 0 Å². The highest BCUT2D eigenvalue weighted by Gasteiger charge is 2.14. The Bertz CT molecular complexity index is 788. The summed E-state index contributed by atoms with van der Waals surface area (Å²) < 4.78 is 0. The molecule has 184 valence electrons. The lowest BCUT2D eigenvalue weighted by molar-refractivity contribution is -0.388. The van der Waals surface area contributed by atoms with E-state index < -0.39 is 4.92 Å². The maximum Gasteiger partial charge on any atom is 0.302 e. The number of nitrogens with zero attached hydrogens (tertiary/aromatic N) is 3. The Kier molecular flexibility index (Phi) is 22.5. The number of carbonyl (C=O) groups excluding carboxylic acids is 1. The molecule has 0 aliphatic heterocycles. The highest BCUT2D eigenvalue weighted by Crippen LogP contribution is 2.35. The van der Waals surface area contributed by atoms with Crippen molar-refractivity contribution >= 4 is 39.2 Å². The highest BCUT2D eigenvalue weighted by atomic mass is 33.1. The quantitative estimate of drug-likeness (QED) is 0.113. The summed E-state index contributed by atoms with van der Waals surface area (Å²) in [6.07, 6.45) is 8.52. The number of aldehydes is 1. The van der Waals surface area contributed by atoms with Gasteiger partial charge in [-0.2, -0.15) is 0 Å². The van der Waals surface area contributed by atoms with Gasteiger partial charge in [-0.3, -0.25) is 20.2 Å². The lowest BCUT2D eigenvalue weighted by atomic mass is 10.2. The van der Waals surface area contributed by atoms with E-state index in [-0.39, 0.29) is 16.3 Å². The number of carbonyl (C=O) groups is 1. The second-order valence-electron chi connectivity index (χ2n) is 6.53. The summed E-state index contributed by atoms with van der Waals surface area (Å²) in [4.78, 5) is 32.9. The predicted octanol–water partition coefficient (Wildman–Crippen LogP) is 7.84. The molecular formula is C23H35N3O5S2. The van der Waals surface area contributed by atoms with Gasteiger partial charge in [-0.05, 0) is 37.1 Å². The number of aromatic nitrogens is 1. The standard InChI is InChI=1S/C10H14N2O2S2.C7H7NO2.C4H10.C2H4O/c1-2-3-4-8-15-16-10-9(12(13)14)6-5-7-11-10;1-6-2-4-7(5-3-6)8(9)10;1-3-4-2;1-2-3/h5-7H,2-4,8H2,1H3;2-5H,1H3;3-4H2,1-2H3;2H,1H3. The minimum atomic E-state index is -0.403. The molecule has 0 fully saturated rings. The molecule has 0 saturated carbocycles. The first kappa shape index (κ1) is 32.7. The lowest BCUT2D eigenvalue weighted by Gasteiger charge is -2.00. The van der Waals surface area contributed by atoms with Crippen LogP contribution in [0.5, 0.6) is 0 Å². The number of pyridine rings is 1. The monoisotopic (exact) mass is 497 g/mol. The molecule has 1 aromatic heterocycles. The van der Waals surface area contributed by atoms with Crippen LogP contribution in [0.4, 0.5) is 11.4 Å². The number of nitro benzene ring substituents is 1. The van der Waals surface area contributed by atoms with Crippen LogP contribution in [0, 0.1) is 27.2 Å². The number of hydrogen-bond acceptors (Lipinski definition) is 8. The van der Waals surface area contributed by atoms with Gasteiger partial charge < -0.3 is 4.79 Å². The molecule has 0 N–H and O–H groups in total. The van der Waals surface area contributed by atoms with Crippen LogP contribution < -0.4 is 0 Å². The molecule has 2 aromatic rings. The molecule has 0 unspecified atom stereocenters. The largest absolute Gasteiger partial charge is 0.304 e. The van der Waals surface area contributed by atoms with Gasteiger partial charge in [0, 0.05) is 30.1 Å². The minimum absolute atomic E-state index is 0.0930. The molecule has 0 radical (unpaired) electrons. The molecule has 8 nitrogen and oxygen atoms in total. The fourth-order valence-electron chi connectivity index (χ4n) is 1.76. The lowest BCUT2D eigenvalue weighted by Crippen LogP contribution is -1.91. The summed E-state index contributed by atoms with van der Waals surface area (Å²) >= 11 is 0. The fourth-order valence-corrected chi connectivity index (χ4v) is 3.93. The molecular weight excluding hydrogens is 462 g/mol. The van der Waals surface area contributed by atoms with E-state index in [4.69, 9.17) is 4.79 Å². The minimum Gasteiger partial charge on any atom is -0.304 e. The van der Waals surface area contributed by atoms with Crippen LogP contribution in [-0.2, 0) is 4.79 Å². The molecule has 10 heteroatoms. The number of benzene rings is 1. The highest BCUT2D eigenvalue weighted by molar-refractivity contribution is 8.76. The first-order valence-electron chi connectivity index (χ1n) is 10.8. The summed E-state index contributed by atoms with van der Waals surface area (Å²) in [7, 11) is 3.02.